The first-order valence-electron chi connectivity index (χ1n) is 6.42. The van der Waals surface area contributed by atoms with Crippen molar-refractivity contribution in [1.29, 1.82) is 0 Å². The van der Waals surface area contributed by atoms with Crippen LogP contribution < -0.4 is 5.32 Å². The van der Waals surface area contributed by atoms with Gasteiger partial charge in [-0.1, -0.05) is 18.2 Å². The number of benzene rings is 1. The van der Waals surface area contributed by atoms with Crippen LogP contribution in [0.5, 0.6) is 0 Å². The zero-order valence-electron chi connectivity index (χ0n) is 11.1. The molecule has 1 N–H and O–H groups in total. The zero-order valence-corrected chi connectivity index (χ0v) is 11.1. The van der Waals surface area contributed by atoms with E-state index in [9.17, 15) is 4.79 Å². The van der Waals surface area contributed by atoms with Gasteiger partial charge in [-0.25, -0.2) is 9.97 Å². The Balaban J connectivity index is 1.77. The Kier molecular flexibility index (Phi) is 3.64. The van der Waals surface area contributed by atoms with Crippen LogP contribution in [0.4, 0.5) is 5.69 Å². The van der Waals surface area contributed by atoms with Crippen molar-refractivity contribution in [2.75, 3.05) is 5.32 Å². The molecule has 0 aliphatic rings. The number of amides is 1. The first-order chi connectivity index (χ1) is 10.3. The van der Waals surface area contributed by atoms with Gasteiger partial charge in [-0.2, -0.15) is 0 Å². The van der Waals surface area contributed by atoms with Crippen molar-refractivity contribution in [2.45, 2.75) is 0 Å². The quantitative estimate of drug-likeness (QED) is 0.798. The van der Waals surface area contributed by atoms with Gasteiger partial charge in [-0.15, -0.1) is 0 Å². The number of pyridine rings is 1. The molecule has 0 fully saturated rings. The Bertz CT molecular complexity index is 727. The molecule has 2 heterocycles. The fourth-order valence-electron chi connectivity index (χ4n) is 1.82. The number of nitrogens with zero attached hydrogens (tertiary/aromatic N) is 3. The average Bonchev–Trinajstić information content (AvgIpc) is 2.57. The van der Waals surface area contributed by atoms with Crippen LogP contribution in [-0.4, -0.2) is 20.9 Å². The van der Waals surface area contributed by atoms with Crippen molar-refractivity contribution in [3.63, 3.8) is 0 Å². The lowest BCUT2D eigenvalue weighted by molar-refractivity contribution is 0.102. The van der Waals surface area contributed by atoms with E-state index < -0.39 is 0 Å². The molecule has 2 aromatic heterocycles. The molecule has 0 aliphatic carbocycles. The molecule has 3 rings (SSSR count). The van der Waals surface area contributed by atoms with E-state index in [0.29, 0.717) is 11.4 Å². The van der Waals surface area contributed by atoms with E-state index in [1.54, 1.807) is 12.4 Å². The highest BCUT2D eigenvalue weighted by molar-refractivity contribution is 6.03. The third kappa shape index (κ3) is 3.09. The van der Waals surface area contributed by atoms with Gasteiger partial charge in [-0.3, -0.25) is 9.78 Å². The number of para-hydroxylation sites is 1. The number of hydrogen-bond donors (Lipinski definition) is 1. The predicted octanol–water partition coefficient (Wildman–Crippen LogP) is 2.79. The smallest absolute Gasteiger partial charge is 0.258 e. The largest absolute Gasteiger partial charge is 0.322 e. The van der Waals surface area contributed by atoms with Crippen molar-refractivity contribution < 1.29 is 4.79 Å². The fourth-order valence-corrected chi connectivity index (χ4v) is 1.82. The molecular weight excluding hydrogens is 264 g/mol. The summed E-state index contributed by atoms with van der Waals surface area (Å²) in [5.41, 5.74) is 2.01. The molecule has 1 aromatic carbocycles. The van der Waals surface area contributed by atoms with E-state index in [1.165, 1.54) is 12.4 Å². The topological polar surface area (TPSA) is 67.8 Å². The fraction of sp³-hybridized carbons (Fsp3) is 0. The Hall–Kier alpha value is -3.08. The van der Waals surface area contributed by atoms with Gasteiger partial charge in [-0.05, 0) is 24.3 Å². The summed E-state index contributed by atoms with van der Waals surface area (Å²) in [5.74, 6) is 0.330. The maximum Gasteiger partial charge on any atom is 0.258 e. The molecule has 0 unspecified atom stereocenters. The minimum absolute atomic E-state index is 0.234. The van der Waals surface area contributed by atoms with Crippen molar-refractivity contribution in [3.8, 4) is 11.4 Å². The van der Waals surface area contributed by atoms with Crippen LogP contribution in [0, 0.1) is 0 Å². The standard InChI is InChI=1S/C16H12N4O/c21-16(20-14-4-2-1-3-5-14)13-10-18-15(19-11-13)12-6-8-17-9-7-12/h1-11H,(H,20,21). The van der Waals surface area contributed by atoms with Crippen LogP contribution in [0.25, 0.3) is 11.4 Å². The molecule has 0 saturated heterocycles. The van der Waals surface area contributed by atoms with Crippen molar-refractivity contribution in [1.82, 2.24) is 15.0 Å². The number of carbonyl (C=O) groups is 1. The average molecular weight is 276 g/mol. The van der Waals surface area contributed by atoms with E-state index in [4.69, 9.17) is 0 Å². The molecule has 0 radical (unpaired) electrons. The summed E-state index contributed by atoms with van der Waals surface area (Å²) in [6, 6.07) is 12.9. The zero-order chi connectivity index (χ0) is 14.5. The molecule has 0 saturated carbocycles. The van der Waals surface area contributed by atoms with Gasteiger partial charge in [0.25, 0.3) is 5.91 Å². The highest BCUT2D eigenvalue weighted by Crippen LogP contribution is 2.13. The third-order valence-corrected chi connectivity index (χ3v) is 2.88. The Morgan fingerprint density at radius 1 is 0.905 bits per heavy atom. The molecule has 0 atom stereocenters. The highest BCUT2D eigenvalue weighted by Gasteiger charge is 2.08. The summed E-state index contributed by atoms with van der Waals surface area (Å²) in [4.78, 5) is 24.4. The van der Waals surface area contributed by atoms with Crippen LogP contribution in [0.2, 0.25) is 0 Å². The van der Waals surface area contributed by atoms with Gasteiger partial charge < -0.3 is 5.32 Å². The number of rotatable bonds is 3. The summed E-state index contributed by atoms with van der Waals surface area (Å²) < 4.78 is 0. The van der Waals surface area contributed by atoms with Gasteiger partial charge in [0, 0.05) is 36.0 Å². The molecule has 1 amide bonds. The van der Waals surface area contributed by atoms with E-state index >= 15 is 0 Å². The Morgan fingerprint density at radius 3 is 2.24 bits per heavy atom. The lowest BCUT2D eigenvalue weighted by Crippen LogP contribution is -2.12. The van der Waals surface area contributed by atoms with Crippen molar-refractivity contribution in [3.05, 3.63) is 72.8 Å². The van der Waals surface area contributed by atoms with Gasteiger partial charge in [0.05, 0.1) is 5.56 Å². The number of nitrogens with one attached hydrogen (secondary N) is 1. The van der Waals surface area contributed by atoms with Crippen molar-refractivity contribution in [2.24, 2.45) is 0 Å². The summed E-state index contributed by atoms with van der Waals surface area (Å²) in [5, 5.41) is 2.79. The second-order valence-corrected chi connectivity index (χ2v) is 4.35. The summed E-state index contributed by atoms with van der Waals surface area (Å²) in [7, 11) is 0. The Labute approximate surface area is 121 Å². The molecule has 0 aliphatic heterocycles. The van der Waals surface area contributed by atoms with Crippen molar-refractivity contribution >= 4 is 11.6 Å². The van der Waals surface area contributed by atoms with Crippen LogP contribution in [0.3, 0.4) is 0 Å². The molecule has 0 spiro atoms. The summed E-state index contributed by atoms with van der Waals surface area (Å²) >= 11 is 0. The minimum atomic E-state index is -0.234. The number of hydrogen-bond acceptors (Lipinski definition) is 4. The molecule has 0 bridgehead atoms. The van der Waals surface area contributed by atoms with Crippen LogP contribution >= 0.6 is 0 Å². The number of carbonyl (C=O) groups excluding carboxylic acids is 1. The molecule has 5 nitrogen and oxygen atoms in total. The monoisotopic (exact) mass is 276 g/mol. The first kappa shape index (κ1) is 12.9. The number of anilines is 1. The number of aromatic nitrogens is 3. The maximum absolute atomic E-state index is 12.1. The van der Waals surface area contributed by atoms with Gasteiger partial charge in [0.15, 0.2) is 5.82 Å². The van der Waals surface area contributed by atoms with E-state index in [0.717, 1.165) is 11.3 Å². The molecule has 5 heteroatoms. The molecule has 102 valence electrons. The predicted molar refractivity (Wildman–Crippen MR) is 79.7 cm³/mol. The first-order valence-corrected chi connectivity index (χ1v) is 6.42. The van der Waals surface area contributed by atoms with E-state index in [-0.39, 0.29) is 5.91 Å². The van der Waals surface area contributed by atoms with Gasteiger partial charge in [0.2, 0.25) is 0 Å². The van der Waals surface area contributed by atoms with Crippen LogP contribution in [0.15, 0.2) is 67.3 Å². The van der Waals surface area contributed by atoms with E-state index in [2.05, 4.69) is 20.3 Å². The van der Waals surface area contributed by atoms with Gasteiger partial charge in [0.1, 0.15) is 0 Å². The lowest BCUT2D eigenvalue weighted by atomic mass is 10.2. The lowest BCUT2D eigenvalue weighted by Gasteiger charge is -2.05. The minimum Gasteiger partial charge on any atom is -0.322 e. The summed E-state index contributed by atoms with van der Waals surface area (Å²) in [6.07, 6.45) is 6.38. The second-order valence-electron chi connectivity index (χ2n) is 4.35. The van der Waals surface area contributed by atoms with Gasteiger partial charge >= 0.3 is 0 Å². The van der Waals surface area contributed by atoms with Crippen LogP contribution in [0.1, 0.15) is 10.4 Å². The maximum atomic E-state index is 12.1. The SMILES string of the molecule is O=C(Nc1ccccc1)c1cnc(-c2ccncc2)nc1. The summed E-state index contributed by atoms with van der Waals surface area (Å²) in [6.45, 7) is 0. The molecule has 3 aromatic rings. The molecule has 21 heavy (non-hydrogen) atoms. The Morgan fingerprint density at radius 2 is 1.57 bits per heavy atom. The normalized spacial score (nSPS) is 10.1. The third-order valence-electron chi connectivity index (χ3n) is 2.88. The van der Waals surface area contributed by atoms with Crippen LogP contribution in [-0.2, 0) is 0 Å². The van der Waals surface area contributed by atoms with E-state index in [1.807, 2.05) is 42.5 Å². The molecular formula is C16H12N4O. The highest BCUT2D eigenvalue weighted by atomic mass is 16.1. The second kappa shape index (κ2) is 5.92.